The van der Waals surface area contributed by atoms with E-state index in [0.717, 1.165) is 19.3 Å². The number of aromatic nitrogens is 1. The van der Waals surface area contributed by atoms with Crippen LogP contribution in [0.15, 0.2) is 12.3 Å². The molecule has 1 aliphatic heterocycles. The van der Waals surface area contributed by atoms with Gasteiger partial charge in [-0.1, -0.05) is 0 Å². The monoisotopic (exact) mass is 367 g/mol. The molecule has 3 saturated carbocycles. The number of ether oxygens (including phenoxy) is 1. The minimum absolute atomic E-state index is 0.0489. The van der Waals surface area contributed by atoms with Crippen LogP contribution in [0.5, 0.6) is 5.75 Å². The molecule has 2 bridgehead atoms. The van der Waals surface area contributed by atoms with Gasteiger partial charge in [-0.3, -0.25) is 4.90 Å². The van der Waals surface area contributed by atoms with Crippen molar-refractivity contribution in [3.8, 4) is 5.75 Å². The summed E-state index contributed by atoms with van der Waals surface area (Å²) in [6.07, 6.45) is 4.19. The molecule has 3 aliphatic carbocycles. The lowest BCUT2D eigenvalue weighted by Gasteiger charge is -2.74. The van der Waals surface area contributed by atoms with Gasteiger partial charge in [0.05, 0.1) is 18.6 Å². The maximum absolute atomic E-state index is 11.6. The Morgan fingerprint density at radius 2 is 1.96 bits per heavy atom. The van der Waals surface area contributed by atoms with E-state index in [4.69, 9.17) is 4.74 Å². The summed E-state index contributed by atoms with van der Waals surface area (Å²) in [5.74, 6) is 0.00914. The normalized spacial score (nSPS) is 33.0. The standard InChI is InChI=1S/C16H21N3O5S/c1-24-11-2-3-17-13(12(11)14(20)21)18-15-8-16(9-15,10-15)19-4-6-25(22,23)7-5-19/h2-3H,4-10H2,1H3,(H,17,18)(H,20,21). The average Bonchev–Trinajstić information content (AvgIpc) is 2.49. The minimum atomic E-state index is -2.88. The van der Waals surface area contributed by atoms with Crippen molar-refractivity contribution in [1.82, 2.24) is 9.88 Å². The van der Waals surface area contributed by atoms with Crippen LogP contribution >= 0.6 is 0 Å². The summed E-state index contributed by atoms with van der Waals surface area (Å²) >= 11 is 0. The highest BCUT2D eigenvalue weighted by Crippen LogP contribution is 2.65. The van der Waals surface area contributed by atoms with Crippen molar-refractivity contribution in [2.24, 2.45) is 0 Å². The zero-order valence-corrected chi connectivity index (χ0v) is 14.8. The molecule has 0 atom stereocenters. The van der Waals surface area contributed by atoms with Gasteiger partial charge < -0.3 is 15.2 Å². The molecule has 4 aliphatic rings. The molecular formula is C16H21N3O5S. The second-order valence-corrected chi connectivity index (χ2v) is 9.64. The van der Waals surface area contributed by atoms with E-state index in [1.165, 1.54) is 19.4 Å². The predicted molar refractivity (Wildman–Crippen MR) is 90.9 cm³/mol. The van der Waals surface area contributed by atoms with Gasteiger partial charge in [0, 0.05) is 30.4 Å². The van der Waals surface area contributed by atoms with Crippen molar-refractivity contribution in [3.63, 3.8) is 0 Å². The van der Waals surface area contributed by atoms with Gasteiger partial charge in [-0.25, -0.2) is 18.2 Å². The van der Waals surface area contributed by atoms with Crippen LogP contribution in [0.2, 0.25) is 0 Å². The molecule has 0 amide bonds. The van der Waals surface area contributed by atoms with Crippen LogP contribution in [0.3, 0.4) is 0 Å². The number of hydrogen-bond donors (Lipinski definition) is 2. The molecule has 9 heteroatoms. The van der Waals surface area contributed by atoms with Crippen molar-refractivity contribution in [1.29, 1.82) is 0 Å². The summed E-state index contributed by atoms with van der Waals surface area (Å²) < 4.78 is 28.3. The molecule has 8 nitrogen and oxygen atoms in total. The molecule has 0 spiro atoms. The molecule has 136 valence electrons. The molecule has 0 unspecified atom stereocenters. The van der Waals surface area contributed by atoms with Gasteiger partial charge in [0.15, 0.2) is 9.84 Å². The van der Waals surface area contributed by atoms with Crippen molar-refractivity contribution in [3.05, 3.63) is 17.8 Å². The minimum Gasteiger partial charge on any atom is -0.496 e. The molecule has 1 aromatic heterocycles. The summed E-state index contributed by atoms with van der Waals surface area (Å²) in [6.45, 7) is 1.19. The SMILES string of the molecule is COc1ccnc(NC23CC(N4CCS(=O)(=O)CC4)(C2)C3)c1C(=O)O. The predicted octanol–water partition coefficient (Wildman–Crippen LogP) is 0.606. The number of methoxy groups -OCH3 is 1. The Morgan fingerprint density at radius 3 is 2.52 bits per heavy atom. The molecule has 5 rings (SSSR count). The quantitative estimate of drug-likeness (QED) is 0.779. The van der Waals surface area contributed by atoms with Crippen LogP contribution in [0.1, 0.15) is 29.6 Å². The van der Waals surface area contributed by atoms with Crippen LogP contribution in [0.4, 0.5) is 5.82 Å². The molecular weight excluding hydrogens is 346 g/mol. The number of anilines is 1. The number of carbonyl (C=O) groups is 1. The fourth-order valence-corrected chi connectivity index (χ4v) is 5.76. The number of sulfone groups is 1. The Bertz CT molecular complexity index is 804. The first kappa shape index (κ1) is 16.6. The van der Waals surface area contributed by atoms with Crippen molar-refractivity contribution < 1.29 is 23.1 Å². The molecule has 25 heavy (non-hydrogen) atoms. The van der Waals surface area contributed by atoms with Crippen LogP contribution in [-0.4, -0.2) is 72.2 Å². The number of pyridine rings is 1. The Labute approximate surface area is 146 Å². The van der Waals surface area contributed by atoms with Crippen LogP contribution < -0.4 is 10.1 Å². The zero-order valence-electron chi connectivity index (χ0n) is 14.0. The summed E-state index contributed by atoms with van der Waals surface area (Å²) in [4.78, 5) is 18.0. The summed E-state index contributed by atoms with van der Waals surface area (Å²) in [7, 11) is -1.44. The highest BCUT2D eigenvalue weighted by atomic mass is 32.2. The Kier molecular flexibility index (Phi) is 3.52. The maximum Gasteiger partial charge on any atom is 0.343 e. The van der Waals surface area contributed by atoms with E-state index in [1.54, 1.807) is 0 Å². The zero-order chi connectivity index (χ0) is 17.9. The van der Waals surface area contributed by atoms with E-state index in [1.807, 2.05) is 0 Å². The maximum atomic E-state index is 11.6. The molecule has 2 heterocycles. The first-order chi connectivity index (χ1) is 11.8. The first-order valence-electron chi connectivity index (χ1n) is 8.28. The highest BCUT2D eigenvalue weighted by molar-refractivity contribution is 7.91. The molecule has 1 saturated heterocycles. The van der Waals surface area contributed by atoms with E-state index in [2.05, 4.69) is 15.2 Å². The Balaban J connectivity index is 1.46. The van der Waals surface area contributed by atoms with Gasteiger partial charge in [0.1, 0.15) is 17.1 Å². The van der Waals surface area contributed by atoms with Gasteiger partial charge in [0.2, 0.25) is 0 Å². The topological polar surface area (TPSA) is 109 Å². The van der Waals surface area contributed by atoms with Crippen molar-refractivity contribution in [2.45, 2.75) is 30.3 Å². The number of aromatic carboxylic acids is 1. The third kappa shape index (κ3) is 2.56. The third-order valence-corrected chi connectivity index (χ3v) is 7.36. The molecule has 1 aromatic rings. The number of hydrogen-bond acceptors (Lipinski definition) is 7. The largest absolute Gasteiger partial charge is 0.496 e. The first-order valence-corrected chi connectivity index (χ1v) is 10.1. The van der Waals surface area contributed by atoms with E-state index in [-0.39, 0.29) is 33.9 Å². The van der Waals surface area contributed by atoms with Gasteiger partial charge in [-0.05, 0) is 25.3 Å². The lowest BCUT2D eigenvalue weighted by atomic mass is 9.43. The molecule has 0 radical (unpaired) electrons. The fourth-order valence-electron chi connectivity index (χ4n) is 4.56. The smallest absolute Gasteiger partial charge is 0.343 e. The molecule has 2 N–H and O–H groups in total. The van der Waals surface area contributed by atoms with E-state index < -0.39 is 15.8 Å². The average molecular weight is 367 g/mol. The number of carboxylic acid groups (broad SMARTS) is 1. The van der Waals surface area contributed by atoms with E-state index in [0.29, 0.717) is 18.9 Å². The molecule has 0 aromatic carbocycles. The lowest BCUT2D eigenvalue weighted by molar-refractivity contribution is -0.148. The second-order valence-electron chi connectivity index (χ2n) is 7.34. The van der Waals surface area contributed by atoms with Crippen LogP contribution in [-0.2, 0) is 9.84 Å². The highest BCUT2D eigenvalue weighted by Gasteiger charge is 2.70. The number of rotatable bonds is 5. The van der Waals surface area contributed by atoms with Gasteiger partial charge in [0.25, 0.3) is 0 Å². The van der Waals surface area contributed by atoms with Gasteiger partial charge in [-0.2, -0.15) is 0 Å². The number of nitrogens with zero attached hydrogens (tertiary/aromatic N) is 2. The summed E-state index contributed by atoms with van der Waals surface area (Å²) in [6, 6.07) is 1.53. The van der Waals surface area contributed by atoms with Gasteiger partial charge >= 0.3 is 5.97 Å². The fraction of sp³-hybridized carbons (Fsp3) is 0.625. The third-order valence-electron chi connectivity index (χ3n) is 5.75. The van der Waals surface area contributed by atoms with Crippen LogP contribution in [0, 0.1) is 0 Å². The Morgan fingerprint density at radius 1 is 1.32 bits per heavy atom. The van der Waals surface area contributed by atoms with E-state index in [9.17, 15) is 18.3 Å². The lowest BCUT2D eigenvalue weighted by Crippen LogP contribution is -2.82. The summed E-state index contributed by atoms with van der Waals surface area (Å²) in [5.41, 5.74) is -0.0155. The Hall–Kier alpha value is -1.87. The van der Waals surface area contributed by atoms with Crippen molar-refractivity contribution in [2.75, 3.05) is 37.0 Å². The number of carboxylic acids is 1. The summed E-state index contributed by atoms with van der Waals surface area (Å²) in [5, 5.41) is 12.8. The van der Waals surface area contributed by atoms with Gasteiger partial charge in [-0.15, -0.1) is 0 Å². The number of nitrogens with one attached hydrogen (secondary N) is 1. The van der Waals surface area contributed by atoms with Crippen LogP contribution in [0.25, 0.3) is 0 Å². The van der Waals surface area contributed by atoms with Crippen molar-refractivity contribution >= 4 is 21.6 Å². The second kappa shape index (κ2) is 5.31. The van der Waals surface area contributed by atoms with E-state index >= 15 is 0 Å². The molecule has 4 fully saturated rings.